The van der Waals surface area contributed by atoms with Gasteiger partial charge in [0.25, 0.3) is 5.91 Å². The number of hydrogen-bond acceptors (Lipinski definition) is 4. The fourth-order valence-corrected chi connectivity index (χ4v) is 1.22. The lowest BCUT2D eigenvalue weighted by Gasteiger charge is -1.96. The summed E-state index contributed by atoms with van der Waals surface area (Å²) in [5.74, 6) is -0.143. The largest absolute Gasteiger partial charge is 0.350 e. The van der Waals surface area contributed by atoms with Crippen molar-refractivity contribution in [3.63, 3.8) is 0 Å². The first-order valence-corrected chi connectivity index (χ1v) is 5.32. The van der Waals surface area contributed by atoms with Gasteiger partial charge in [0.15, 0.2) is 5.69 Å². The Kier molecular flexibility index (Phi) is 3.70. The summed E-state index contributed by atoms with van der Waals surface area (Å²) in [4.78, 5) is 11.1. The van der Waals surface area contributed by atoms with Crippen molar-refractivity contribution in [3.8, 4) is 0 Å². The summed E-state index contributed by atoms with van der Waals surface area (Å²) in [5, 5.41) is 7.94. The van der Waals surface area contributed by atoms with Crippen LogP contribution in [0, 0.1) is 0 Å². The van der Waals surface area contributed by atoms with E-state index in [1.54, 1.807) is 5.38 Å². The molecule has 11 heavy (non-hydrogen) atoms. The molecule has 0 saturated carbocycles. The van der Waals surface area contributed by atoms with Gasteiger partial charge in [-0.25, -0.2) is 0 Å². The molecule has 0 aliphatic carbocycles. The quantitative estimate of drug-likeness (QED) is 0.656. The topological polar surface area (TPSA) is 54.9 Å². The van der Waals surface area contributed by atoms with E-state index in [-0.39, 0.29) is 5.91 Å². The highest BCUT2D eigenvalue weighted by atomic mass is 127. The summed E-state index contributed by atoms with van der Waals surface area (Å²) >= 11 is 3.37. The van der Waals surface area contributed by atoms with Gasteiger partial charge in [0.05, 0.1) is 0 Å². The molecule has 4 nitrogen and oxygen atoms in total. The minimum Gasteiger partial charge on any atom is -0.350 e. The van der Waals surface area contributed by atoms with Crippen molar-refractivity contribution in [3.05, 3.63) is 11.1 Å². The van der Waals surface area contributed by atoms with Crippen molar-refractivity contribution < 1.29 is 4.79 Å². The lowest BCUT2D eigenvalue weighted by atomic mass is 10.4. The van der Waals surface area contributed by atoms with E-state index < -0.39 is 0 Å². The minimum absolute atomic E-state index is 0.143. The third-order valence-corrected chi connectivity index (χ3v) is 2.02. The molecule has 0 aliphatic heterocycles. The van der Waals surface area contributed by atoms with Crippen LogP contribution in [0.5, 0.6) is 0 Å². The van der Waals surface area contributed by atoms with Gasteiger partial charge in [0.2, 0.25) is 0 Å². The van der Waals surface area contributed by atoms with Gasteiger partial charge >= 0.3 is 0 Å². The van der Waals surface area contributed by atoms with E-state index in [2.05, 4.69) is 37.5 Å². The fourth-order valence-electron chi connectivity index (χ4n) is 0.515. The molecule has 6 heteroatoms. The lowest BCUT2D eigenvalue weighted by molar-refractivity contribution is 0.0951. The molecule has 0 unspecified atom stereocenters. The van der Waals surface area contributed by atoms with Crippen LogP contribution in [0.15, 0.2) is 5.38 Å². The standard InChI is InChI=1S/C5H6IN3OS/c6-1-2-7-5(10)4-3-11-9-8-4/h3H,1-2H2,(H,7,10). The Morgan fingerprint density at radius 3 is 3.18 bits per heavy atom. The van der Waals surface area contributed by atoms with Crippen LogP contribution in [0.2, 0.25) is 0 Å². The highest BCUT2D eigenvalue weighted by molar-refractivity contribution is 14.1. The molecule has 60 valence electrons. The molecule has 1 aromatic rings. The highest BCUT2D eigenvalue weighted by Gasteiger charge is 2.05. The summed E-state index contributed by atoms with van der Waals surface area (Å²) in [6.07, 6.45) is 0. The maximum atomic E-state index is 11.1. The zero-order valence-corrected chi connectivity index (χ0v) is 8.55. The van der Waals surface area contributed by atoms with Crippen LogP contribution in [0.1, 0.15) is 10.5 Å². The maximum Gasteiger partial charge on any atom is 0.272 e. The third kappa shape index (κ3) is 2.70. The van der Waals surface area contributed by atoms with Crippen LogP contribution < -0.4 is 5.32 Å². The molecule has 1 aromatic heterocycles. The Bertz CT molecular complexity index is 226. The smallest absolute Gasteiger partial charge is 0.272 e. The maximum absolute atomic E-state index is 11.1. The lowest BCUT2D eigenvalue weighted by Crippen LogP contribution is -2.25. The van der Waals surface area contributed by atoms with Gasteiger partial charge in [-0.1, -0.05) is 27.1 Å². The predicted octanol–water partition coefficient (Wildman–Crippen LogP) is 0.703. The van der Waals surface area contributed by atoms with E-state index in [4.69, 9.17) is 0 Å². The number of rotatable bonds is 3. The number of alkyl halides is 1. The van der Waals surface area contributed by atoms with Gasteiger partial charge < -0.3 is 5.32 Å². The monoisotopic (exact) mass is 283 g/mol. The molecule has 1 heterocycles. The van der Waals surface area contributed by atoms with Gasteiger partial charge in [-0.15, -0.1) is 5.10 Å². The molecular weight excluding hydrogens is 277 g/mol. The van der Waals surface area contributed by atoms with Gasteiger partial charge in [0, 0.05) is 16.4 Å². The summed E-state index contributed by atoms with van der Waals surface area (Å²) in [7, 11) is 0. The van der Waals surface area contributed by atoms with Crippen LogP contribution in [-0.2, 0) is 0 Å². The molecule has 0 fully saturated rings. The van der Waals surface area contributed by atoms with E-state index >= 15 is 0 Å². The van der Waals surface area contributed by atoms with E-state index in [0.717, 1.165) is 4.43 Å². The van der Waals surface area contributed by atoms with E-state index in [0.29, 0.717) is 12.2 Å². The van der Waals surface area contributed by atoms with Gasteiger partial charge in [-0.05, 0) is 11.5 Å². The Hall–Kier alpha value is -0.240. The van der Waals surface area contributed by atoms with E-state index in [9.17, 15) is 4.79 Å². The summed E-state index contributed by atoms with van der Waals surface area (Å²) < 4.78 is 4.48. The summed E-state index contributed by atoms with van der Waals surface area (Å²) in [6.45, 7) is 0.678. The highest BCUT2D eigenvalue weighted by Crippen LogP contribution is 1.95. The second kappa shape index (κ2) is 4.60. The Morgan fingerprint density at radius 1 is 1.82 bits per heavy atom. The molecule has 1 amide bonds. The third-order valence-electron chi connectivity index (χ3n) is 0.973. The normalized spacial score (nSPS) is 9.55. The Labute approximate surface area is 81.7 Å². The van der Waals surface area contributed by atoms with Crippen LogP contribution in [0.4, 0.5) is 0 Å². The molecule has 1 N–H and O–H groups in total. The summed E-state index contributed by atoms with van der Waals surface area (Å²) in [6, 6.07) is 0. The van der Waals surface area contributed by atoms with Gasteiger partial charge in [-0.3, -0.25) is 4.79 Å². The number of aromatic nitrogens is 2. The SMILES string of the molecule is O=C(NCCI)c1csnn1. The van der Waals surface area contributed by atoms with Crippen LogP contribution in [0.3, 0.4) is 0 Å². The molecule has 0 aromatic carbocycles. The van der Waals surface area contributed by atoms with Crippen molar-refractivity contribution in [1.82, 2.24) is 14.9 Å². The second-order valence-corrected chi connectivity index (χ2v) is 3.42. The van der Waals surface area contributed by atoms with Crippen molar-refractivity contribution in [2.45, 2.75) is 0 Å². The number of nitrogens with one attached hydrogen (secondary N) is 1. The first-order chi connectivity index (χ1) is 5.34. The number of halogens is 1. The minimum atomic E-state index is -0.143. The fraction of sp³-hybridized carbons (Fsp3) is 0.400. The summed E-state index contributed by atoms with van der Waals surface area (Å²) in [5.41, 5.74) is 0.403. The van der Waals surface area contributed by atoms with E-state index in [1.165, 1.54) is 11.5 Å². The van der Waals surface area contributed by atoms with Gasteiger partial charge in [0.1, 0.15) is 0 Å². The van der Waals surface area contributed by atoms with Crippen LogP contribution in [0.25, 0.3) is 0 Å². The molecule has 1 rings (SSSR count). The average molecular weight is 283 g/mol. The van der Waals surface area contributed by atoms with Crippen LogP contribution in [-0.4, -0.2) is 26.5 Å². The zero-order valence-electron chi connectivity index (χ0n) is 5.58. The predicted molar refractivity (Wildman–Crippen MR) is 51.1 cm³/mol. The number of hydrogen-bond donors (Lipinski definition) is 1. The average Bonchev–Trinajstić information content (AvgIpc) is 2.52. The number of carbonyl (C=O) groups excluding carboxylic acids is 1. The molecule has 0 atom stereocenters. The number of carbonyl (C=O) groups is 1. The van der Waals surface area contributed by atoms with Crippen molar-refractivity contribution in [2.24, 2.45) is 0 Å². The Morgan fingerprint density at radius 2 is 2.64 bits per heavy atom. The Balaban J connectivity index is 2.43. The number of amides is 1. The van der Waals surface area contributed by atoms with Gasteiger partial charge in [-0.2, -0.15) is 0 Å². The number of nitrogens with zero attached hydrogens (tertiary/aromatic N) is 2. The molecular formula is C5H6IN3OS. The van der Waals surface area contributed by atoms with Crippen LogP contribution >= 0.6 is 34.1 Å². The van der Waals surface area contributed by atoms with Crippen molar-refractivity contribution in [2.75, 3.05) is 11.0 Å². The molecule has 0 radical (unpaired) electrons. The molecule has 0 saturated heterocycles. The first-order valence-electron chi connectivity index (χ1n) is 2.96. The van der Waals surface area contributed by atoms with Crippen molar-refractivity contribution in [1.29, 1.82) is 0 Å². The zero-order chi connectivity index (χ0) is 8.10. The second-order valence-electron chi connectivity index (χ2n) is 1.74. The molecule has 0 aliphatic rings. The van der Waals surface area contributed by atoms with E-state index in [1.807, 2.05) is 0 Å². The van der Waals surface area contributed by atoms with Crippen molar-refractivity contribution >= 4 is 40.0 Å². The first kappa shape index (κ1) is 8.85. The molecule has 0 bridgehead atoms. The molecule has 0 spiro atoms.